The number of benzene rings is 1. The Labute approximate surface area is 112 Å². The number of H-pyrrole nitrogens is 1. The first-order valence-corrected chi connectivity index (χ1v) is 6.70. The van der Waals surface area contributed by atoms with Crippen LogP contribution < -0.4 is 0 Å². The standard InChI is InChI=1S/C15H18N2O2/c1-11(15(18)17-6-8-19-9-7-17)13-10-16-14-5-3-2-4-12(13)14/h2-5,10-11,16H,6-9H2,1H3. The van der Waals surface area contributed by atoms with Gasteiger partial charge in [0.15, 0.2) is 0 Å². The second kappa shape index (κ2) is 5.05. The van der Waals surface area contributed by atoms with Gasteiger partial charge < -0.3 is 14.6 Å². The van der Waals surface area contributed by atoms with E-state index in [0.29, 0.717) is 26.3 Å². The van der Waals surface area contributed by atoms with Crippen LogP contribution >= 0.6 is 0 Å². The number of morpholine rings is 1. The predicted octanol–water partition coefficient (Wildman–Crippen LogP) is 2.13. The monoisotopic (exact) mass is 258 g/mol. The third kappa shape index (κ3) is 2.24. The number of hydrogen-bond acceptors (Lipinski definition) is 2. The summed E-state index contributed by atoms with van der Waals surface area (Å²) in [4.78, 5) is 17.6. The molecule has 4 nitrogen and oxygen atoms in total. The molecule has 1 atom stereocenters. The minimum absolute atomic E-state index is 0.116. The van der Waals surface area contributed by atoms with Gasteiger partial charge in [-0.05, 0) is 18.6 Å². The Bertz CT molecular complexity index is 585. The Balaban J connectivity index is 1.86. The SMILES string of the molecule is CC(C(=O)N1CCOCC1)c1c[nH]c2ccccc12. The van der Waals surface area contributed by atoms with Crippen LogP contribution in [0, 0.1) is 0 Å². The molecule has 2 heterocycles. The molecule has 1 aromatic carbocycles. The van der Waals surface area contributed by atoms with E-state index in [0.717, 1.165) is 16.5 Å². The van der Waals surface area contributed by atoms with Crippen LogP contribution in [0.2, 0.25) is 0 Å². The summed E-state index contributed by atoms with van der Waals surface area (Å²) in [6.45, 7) is 4.67. The summed E-state index contributed by atoms with van der Waals surface area (Å²) in [5.74, 6) is 0.0716. The molecule has 0 radical (unpaired) electrons. The van der Waals surface area contributed by atoms with Gasteiger partial charge in [-0.2, -0.15) is 0 Å². The lowest BCUT2D eigenvalue weighted by molar-refractivity contribution is -0.136. The molecule has 3 rings (SSSR count). The maximum Gasteiger partial charge on any atom is 0.230 e. The van der Waals surface area contributed by atoms with Crippen LogP contribution in [-0.4, -0.2) is 42.1 Å². The molecule has 1 N–H and O–H groups in total. The van der Waals surface area contributed by atoms with Gasteiger partial charge >= 0.3 is 0 Å². The number of ether oxygens (including phenoxy) is 1. The van der Waals surface area contributed by atoms with Gasteiger partial charge in [0.25, 0.3) is 0 Å². The van der Waals surface area contributed by atoms with Crippen molar-refractivity contribution in [3.8, 4) is 0 Å². The Morgan fingerprint density at radius 1 is 1.32 bits per heavy atom. The number of carbonyl (C=O) groups excluding carboxylic acids is 1. The van der Waals surface area contributed by atoms with Gasteiger partial charge in [0, 0.05) is 30.2 Å². The van der Waals surface area contributed by atoms with Gasteiger partial charge in [0.05, 0.1) is 19.1 Å². The first-order chi connectivity index (χ1) is 9.27. The molecule has 0 spiro atoms. The van der Waals surface area contributed by atoms with E-state index in [1.165, 1.54) is 0 Å². The number of aromatic amines is 1. The Morgan fingerprint density at radius 2 is 2.05 bits per heavy atom. The number of amides is 1. The molecule has 0 aliphatic carbocycles. The largest absolute Gasteiger partial charge is 0.378 e. The van der Waals surface area contributed by atoms with Crippen LogP contribution in [0.4, 0.5) is 0 Å². The number of rotatable bonds is 2. The zero-order valence-corrected chi connectivity index (χ0v) is 11.1. The predicted molar refractivity (Wildman–Crippen MR) is 74.1 cm³/mol. The maximum absolute atomic E-state index is 12.5. The normalized spacial score (nSPS) is 17.6. The molecule has 0 saturated carbocycles. The molecule has 1 aromatic heterocycles. The Hall–Kier alpha value is -1.81. The van der Waals surface area contributed by atoms with E-state index in [2.05, 4.69) is 11.1 Å². The highest BCUT2D eigenvalue weighted by molar-refractivity contribution is 5.91. The number of aromatic nitrogens is 1. The lowest BCUT2D eigenvalue weighted by Crippen LogP contribution is -2.42. The van der Waals surface area contributed by atoms with Crippen molar-refractivity contribution in [2.24, 2.45) is 0 Å². The lowest BCUT2D eigenvalue weighted by atomic mass is 9.99. The quantitative estimate of drug-likeness (QED) is 0.897. The molecule has 2 aromatic rings. The second-order valence-electron chi connectivity index (χ2n) is 4.95. The summed E-state index contributed by atoms with van der Waals surface area (Å²) in [7, 11) is 0. The van der Waals surface area contributed by atoms with E-state index >= 15 is 0 Å². The third-order valence-electron chi connectivity index (χ3n) is 3.78. The van der Waals surface area contributed by atoms with E-state index in [4.69, 9.17) is 4.74 Å². The molecule has 1 fully saturated rings. The van der Waals surface area contributed by atoms with Crippen LogP contribution in [0.3, 0.4) is 0 Å². The topological polar surface area (TPSA) is 45.3 Å². The van der Waals surface area contributed by atoms with Gasteiger partial charge in [0.1, 0.15) is 0 Å². The van der Waals surface area contributed by atoms with Gasteiger partial charge in [-0.1, -0.05) is 18.2 Å². The zero-order chi connectivity index (χ0) is 13.2. The van der Waals surface area contributed by atoms with Crippen molar-refractivity contribution in [2.45, 2.75) is 12.8 Å². The van der Waals surface area contributed by atoms with Crippen molar-refractivity contribution in [1.29, 1.82) is 0 Å². The van der Waals surface area contributed by atoms with E-state index in [9.17, 15) is 4.79 Å². The van der Waals surface area contributed by atoms with E-state index in [1.54, 1.807) is 0 Å². The number of para-hydroxylation sites is 1. The van der Waals surface area contributed by atoms with E-state index < -0.39 is 0 Å². The van der Waals surface area contributed by atoms with Crippen molar-refractivity contribution in [1.82, 2.24) is 9.88 Å². The van der Waals surface area contributed by atoms with Crippen LogP contribution in [0.15, 0.2) is 30.5 Å². The fourth-order valence-electron chi connectivity index (χ4n) is 2.64. The molecular weight excluding hydrogens is 240 g/mol. The van der Waals surface area contributed by atoms with Crippen LogP contribution in [0.1, 0.15) is 18.4 Å². The highest BCUT2D eigenvalue weighted by Gasteiger charge is 2.25. The second-order valence-corrected chi connectivity index (χ2v) is 4.95. The first-order valence-electron chi connectivity index (χ1n) is 6.70. The fraction of sp³-hybridized carbons (Fsp3) is 0.400. The highest BCUT2D eigenvalue weighted by atomic mass is 16.5. The number of hydrogen-bond donors (Lipinski definition) is 1. The molecule has 1 unspecified atom stereocenters. The van der Waals surface area contributed by atoms with Gasteiger partial charge in [0.2, 0.25) is 5.91 Å². The Morgan fingerprint density at radius 3 is 2.84 bits per heavy atom. The van der Waals surface area contributed by atoms with Crippen molar-refractivity contribution in [2.75, 3.05) is 26.3 Å². The molecule has 100 valence electrons. The highest BCUT2D eigenvalue weighted by Crippen LogP contribution is 2.26. The molecule has 0 bridgehead atoms. The number of nitrogens with zero attached hydrogens (tertiary/aromatic N) is 1. The van der Waals surface area contributed by atoms with Gasteiger partial charge in [-0.25, -0.2) is 0 Å². The molecule has 1 aliphatic rings. The lowest BCUT2D eigenvalue weighted by Gasteiger charge is -2.29. The van der Waals surface area contributed by atoms with Crippen LogP contribution in [-0.2, 0) is 9.53 Å². The fourth-order valence-corrected chi connectivity index (χ4v) is 2.64. The molecule has 1 aliphatic heterocycles. The van der Waals surface area contributed by atoms with Crippen molar-refractivity contribution < 1.29 is 9.53 Å². The van der Waals surface area contributed by atoms with Crippen LogP contribution in [0.25, 0.3) is 10.9 Å². The van der Waals surface area contributed by atoms with Gasteiger partial charge in [-0.15, -0.1) is 0 Å². The Kier molecular flexibility index (Phi) is 3.25. The van der Waals surface area contributed by atoms with Gasteiger partial charge in [-0.3, -0.25) is 4.79 Å². The molecular formula is C15H18N2O2. The number of carbonyl (C=O) groups is 1. The number of fused-ring (bicyclic) bond motifs is 1. The van der Waals surface area contributed by atoms with Crippen molar-refractivity contribution in [3.05, 3.63) is 36.0 Å². The third-order valence-corrected chi connectivity index (χ3v) is 3.78. The van der Waals surface area contributed by atoms with Crippen molar-refractivity contribution in [3.63, 3.8) is 0 Å². The molecule has 1 saturated heterocycles. The summed E-state index contributed by atoms with van der Waals surface area (Å²) in [5.41, 5.74) is 2.16. The average Bonchev–Trinajstić information content (AvgIpc) is 2.90. The summed E-state index contributed by atoms with van der Waals surface area (Å²) >= 11 is 0. The van der Waals surface area contributed by atoms with Crippen LogP contribution in [0.5, 0.6) is 0 Å². The average molecular weight is 258 g/mol. The summed E-state index contributed by atoms with van der Waals surface area (Å²) < 4.78 is 5.29. The van der Waals surface area contributed by atoms with E-state index in [1.807, 2.05) is 36.2 Å². The molecule has 4 heteroatoms. The zero-order valence-electron chi connectivity index (χ0n) is 11.1. The van der Waals surface area contributed by atoms with E-state index in [-0.39, 0.29) is 11.8 Å². The smallest absolute Gasteiger partial charge is 0.230 e. The minimum Gasteiger partial charge on any atom is -0.378 e. The summed E-state index contributed by atoms with van der Waals surface area (Å²) in [6.07, 6.45) is 1.95. The molecule has 1 amide bonds. The first kappa shape index (κ1) is 12.2. The molecule has 19 heavy (non-hydrogen) atoms. The number of nitrogens with one attached hydrogen (secondary N) is 1. The summed E-state index contributed by atoms with van der Waals surface area (Å²) in [5, 5.41) is 1.14. The maximum atomic E-state index is 12.5. The summed E-state index contributed by atoms with van der Waals surface area (Å²) in [6, 6.07) is 8.09. The minimum atomic E-state index is -0.116. The van der Waals surface area contributed by atoms with Crippen molar-refractivity contribution >= 4 is 16.8 Å².